The van der Waals surface area contributed by atoms with Gasteiger partial charge in [-0.3, -0.25) is 19.7 Å². The number of ether oxygens (including phenoxy) is 5. The van der Waals surface area contributed by atoms with E-state index in [9.17, 15) is 24.0 Å². The van der Waals surface area contributed by atoms with Gasteiger partial charge in [-0.15, -0.1) is 5.06 Å². The zero-order chi connectivity index (χ0) is 37.9. The van der Waals surface area contributed by atoms with Gasteiger partial charge in [0.15, 0.2) is 0 Å². The normalized spacial score (nSPS) is 10.5. The Bertz CT molecular complexity index is 1690. The summed E-state index contributed by atoms with van der Waals surface area (Å²) in [5.41, 5.74) is 2.98. The van der Waals surface area contributed by atoms with Crippen molar-refractivity contribution in [3.63, 3.8) is 0 Å². The average molecular weight is 739 g/mol. The molecule has 4 amide bonds. The molecule has 0 bridgehead atoms. The molecule has 0 aliphatic rings. The molecule has 3 aromatic rings. The summed E-state index contributed by atoms with van der Waals surface area (Å²) in [6.07, 6.45) is 1.83. The molecule has 16 heteroatoms. The third kappa shape index (κ3) is 12.8. The van der Waals surface area contributed by atoms with Crippen LogP contribution in [0.1, 0.15) is 50.2 Å². The average Bonchev–Trinajstić information content (AvgIpc) is 3.15. The van der Waals surface area contributed by atoms with E-state index in [4.69, 9.17) is 28.5 Å². The number of hydrogen-bond acceptors (Lipinski definition) is 13. The number of rotatable bonds is 19. The predicted octanol–water partition coefficient (Wildman–Crippen LogP) is 6.55. The minimum Gasteiger partial charge on any atom is -0.496 e. The maximum absolute atomic E-state index is 12.7. The number of nitrogens with one attached hydrogen (secondary N) is 3. The molecule has 278 valence electrons. The Kier molecular flexibility index (Phi) is 16.6. The number of amides is 4. The van der Waals surface area contributed by atoms with Crippen molar-refractivity contribution in [3.8, 4) is 23.0 Å². The van der Waals surface area contributed by atoms with Gasteiger partial charge in [-0.2, -0.15) is 0 Å². The molecule has 0 aromatic heterocycles. The SMILES string of the molecule is CCCC(=O)N(C=O)OC(=O)CCCC(=O)Nc1ccc(COC(=O)Nc2cc(NS/C=C/c3c(OC)cc(OC)cc3OC)ccc2OC)cc1. The van der Waals surface area contributed by atoms with Crippen LogP contribution in [-0.2, 0) is 35.4 Å². The third-order valence-electron chi connectivity index (χ3n) is 7.07. The fraction of sp³-hybridized carbons (Fsp3) is 0.306. The molecule has 0 heterocycles. The van der Waals surface area contributed by atoms with Gasteiger partial charge in [0.2, 0.25) is 5.91 Å². The summed E-state index contributed by atoms with van der Waals surface area (Å²) in [6, 6.07) is 15.4. The lowest BCUT2D eigenvalue weighted by Gasteiger charge is -2.14. The van der Waals surface area contributed by atoms with Crippen LogP contribution in [0.15, 0.2) is 60.0 Å². The number of methoxy groups -OCH3 is 4. The first-order valence-electron chi connectivity index (χ1n) is 16.0. The highest BCUT2D eigenvalue weighted by Gasteiger charge is 2.18. The molecule has 0 fully saturated rings. The second-order valence-electron chi connectivity index (χ2n) is 10.7. The molecule has 0 radical (unpaired) electrons. The summed E-state index contributed by atoms with van der Waals surface area (Å²) in [5, 5.41) is 7.60. The van der Waals surface area contributed by atoms with Crippen LogP contribution >= 0.6 is 11.9 Å². The van der Waals surface area contributed by atoms with Crippen molar-refractivity contribution in [2.24, 2.45) is 0 Å². The van der Waals surface area contributed by atoms with Crippen molar-refractivity contribution in [2.45, 2.75) is 45.6 Å². The molecule has 0 aliphatic carbocycles. The van der Waals surface area contributed by atoms with Crippen molar-refractivity contribution in [1.82, 2.24) is 5.06 Å². The van der Waals surface area contributed by atoms with Crippen LogP contribution in [0.3, 0.4) is 0 Å². The van der Waals surface area contributed by atoms with Gasteiger partial charge < -0.3 is 38.6 Å². The minimum atomic E-state index is -0.794. The molecule has 0 saturated carbocycles. The molecule has 3 N–H and O–H groups in total. The number of carbonyl (C=O) groups is 5. The number of hydrogen-bond donors (Lipinski definition) is 3. The van der Waals surface area contributed by atoms with E-state index in [1.807, 2.05) is 11.5 Å². The summed E-state index contributed by atoms with van der Waals surface area (Å²) >= 11 is 1.29. The van der Waals surface area contributed by atoms with Crippen LogP contribution < -0.4 is 34.3 Å². The Hall–Kier alpha value is -5.90. The molecular formula is C36H42N4O11S. The van der Waals surface area contributed by atoms with E-state index in [1.165, 1.54) is 19.1 Å². The first-order chi connectivity index (χ1) is 25.1. The van der Waals surface area contributed by atoms with Gasteiger partial charge in [0.05, 0.1) is 39.7 Å². The van der Waals surface area contributed by atoms with E-state index >= 15 is 0 Å². The first-order valence-corrected chi connectivity index (χ1v) is 16.9. The topological polar surface area (TPSA) is 180 Å². The van der Waals surface area contributed by atoms with Gasteiger partial charge in [0, 0.05) is 42.8 Å². The van der Waals surface area contributed by atoms with Gasteiger partial charge in [0.1, 0.15) is 29.6 Å². The monoisotopic (exact) mass is 738 g/mol. The summed E-state index contributed by atoms with van der Waals surface area (Å²) < 4.78 is 30.2. The van der Waals surface area contributed by atoms with Gasteiger partial charge in [0.25, 0.3) is 12.3 Å². The Morgan fingerprint density at radius 2 is 1.46 bits per heavy atom. The molecule has 0 spiro atoms. The summed E-state index contributed by atoms with van der Waals surface area (Å²) in [5.74, 6) is 0.449. The Balaban J connectivity index is 1.46. The maximum atomic E-state index is 12.7. The van der Waals surface area contributed by atoms with Crippen LogP contribution in [0.4, 0.5) is 21.9 Å². The second kappa shape index (κ2) is 21.3. The van der Waals surface area contributed by atoms with Crippen molar-refractivity contribution < 1.29 is 52.5 Å². The predicted molar refractivity (Wildman–Crippen MR) is 196 cm³/mol. The van der Waals surface area contributed by atoms with Crippen molar-refractivity contribution >= 4 is 65.4 Å². The molecule has 52 heavy (non-hydrogen) atoms. The zero-order valence-corrected chi connectivity index (χ0v) is 30.3. The van der Waals surface area contributed by atoms with E-state index in [1.54, 1.807) is 82.9 Å². The molecule has 0 atom stereocenters. The molecule has 3 rings (SSSR count). The smallest absolute Gasteiger partial charge is 0.412 e. The Morgan fingerprint density at radius 1 is 0.788 bits per heavy atom. The number of nitrogens with zero attached hydrogens (tertiary/aromatic N) is 1. The Morgan fingerprint density at radius 3 is 2.08 bits per heavy atom. The maximum Gasteiger partial charge on any atom is 0.412 e. The van der Waals surface area contributed by atoms with E-state index < -0.39 is 18.0 Å². The lowest BCUT2D eigenvalue weighted by atomic mass is 10.1. The van der Waals surface area contributed by atoms with Gasteiger partial charge >= 0.3 is 12.1 Å². The highest BCUT2D eigenvalue weighted by molar-refractivity contribution is 8.03. The minimum absolute atomic E-state index is 0.00779. The van der Waals surface area contributed by atoms with E-state index in [0.29, 0.717) is 57.1 Å². The molecular weight excluding hydrogens is 696 g/mol. The molecule has 0 aliphatic heterocycles. The number of benzene rings is 3. The largest absolute Gasteiger partial charge is 0.496 e. The van der Waals surface area contributed by atoms with Crippen molar-refractivity contribution in [1.29, 1.82) is 0 Å². The number of hydroxylamine groups is 2. The first kappa shape index (κ1) is 40.5. The fourth-order valence-electron chi connectivity index (χ4n) is 4.48. The van der Waals surface area contributed by atoms with Crippen LogP contribution in [0.25, 0.3) is 6.08 Å². The van der Waals surface area contributed by atoms with Crippen molar-refractivity contribution in [2.75, 3.05) is 43.8 Å². The van der Waals surface area contributed by atoms with Crippen molar-refractivity contribution in [3.05, 3.63) is 71.1 Å². The lowest BCUT2D eigenvalue weighted by molar-refractivity contribution is -0.196. The van der Waals surface area contributed by atoms with Crippen LogP contribution in [0.5, 0.6) is 23.0 Å². The van der Waals surface area contributed by atoms with Crippen LogP contribution in [0.2, 0.25) is 0 Å². The molecule has 0 unspecified atom stereocenters. The summed E-state index contributed by atoms with van der Waals surface area (Å²) in [7, 11) is 6.18. The van der Waals surface area contributed by atoms with E-state index in [-0.39, 0.29) is 44.6 Å². The number of carbonyl (C=O) groups excluding carboxylic acids is 5. The summed E-state index contributed by atoms with van der Waals surface area (Å²) in [4.78, 5) is 64.4. The Labute approximate surface area is 306 Å². The molecule has 3 aromatic carbocycles. The number of imide groups is 1. The second-order valence-corrected chi connectivity index (χ2v) is 11.4. The lowest BCUT2D eigenvalue weighted by Crippen LogP contribution is -2.32. The van der Waals surface area contributed by atoms with Crippen LogP contribution in [-0.4, -0.2) is 63.8 Å². The standard InChI is InChI=1S/C36H42N4O11S/c1-6-8-34(43)40(23-41)51-35(44)10-7-9-33(42)37-25-13-11-24(12-14-25)22-50-36(45)38-29-19-26(15-16-30(29)47-3)39-52-18-17-28-31(48-4)20-27(46-2)21-32(28)49-5/h11-21,23,39H,6-10,22H2,1-5H3,(H,37,42)(H,38,45)/b18-17+. The fourth-order valence-corrected chi connectivity index (χ4v) is 5.01. The zero-order valence-electron chi connectivity index (χ0n) is 29.5. The van der Waals surface area contributed by atoms with Gasteiger partial charge in [-0.05, 0) is 72.2 Å². The van der Waals surface area contributed by atoms with Gasteiger partial charge in [-0.1, -0.05) is 19.1 Å². The molecule has 15 nitrogen and oxygen atoms in total. The van der Waals surface area contributed by atoms with Crippen LogP contribution in [0, 0.1) is 0 Å². The highest BCUT2D eigenvalue weighted by atomic mass is 32.2. The van der Waals surface area contributed by atoms with Gasteiger partial charge in [-0.25, -0.2) is 9.59 Å². The van der Waals surface area contributed by atoms with E-state index in [0.717, 1.165) is 5.56 Å². The number of anilines is 3. The highest BCUT2D eigenvalue weighted by Crippen LogP contribution is 2.36. The van der Waals surface area contributed by atoms with E-state index in [2.05, 4.69) is 15.4 Å². The third-order valence-corrected chi connectivity index (χ3v) is 7.69. The molecule has 0 saturated heterocycles. The quantitative estimate of drug-likeness (QED) is 0.0685. The summed E-state index contributed by atoms with van der Waals surface area (Å²) in [6.45, 7) is 1.71.